The van der Waals surface area contributed by atoms with Crippen LogP contribution in [-0.4, -0.2) is 0 Å². The Bertz CT molecular complexity index is 366. The highest BCUT2D eigenvalue weighted by atomic mass is 35.5. The average Bonchev–Trinajstić information content (AvgIpc) is 3.01. The van der Waals surface area contributed by atoms with Gasteiger partial charge in [-0.1, -0.05) is 31.0 Å². The van der Waals surface area contributed by atoms with Gasteiger partial charge in [0.15, 0.2) is 0 Å². The second-order valence-electron chi connectivity index (χ2n) is 3.98. The molecule has 1 aliphatic rings. The number of hydrogen-bond donors (Lipinski definition) is 1. The molecule has 3 heteroatoms. The summed E-state index contributed by atoms with van der Waals surface area (Å²) in [5.74, 6) is 0.803. The molecule has 0 saturated heterocycles. The van der Waals surface area contributed by atoms with E-state index in [0.29, 0.717) is 0 Å². The van der Waals surface area contributed by atoms with E-state index in [9.17, 15) is 0 Å². The molecule has 0 spiro atoms. The molecule has 0 amide bonds. The zero-order valence-corrected chi connectivity index (χ0v) is 9.33. The van der Waals surface area contributed by atoms with E-state index in [0.717, 1.165) is 23.5 Å². The molecule has 0 heterocycles. The first-order valence-corrected chi connectivity index (χ1v) is 5.06. The number of benzene rings is 1. The molecule has 0 radical (unpaired) electrons. The van der Waals surface area contributed by atoms with Gasteiger partial charge in [0.25, 0.3) is 0 Å². The molecular formula is C12H15ClN2. The number of rotatable bonds is 3. The summed E-state index contributed by atoms with van der Waals surface area (Å²) in [6, 6.07) is 9.86. The van der Waals surface area contributed by atoms with Crippen molar-refractivity contribution in [3.8, 4) is 6.07 Å². The van der Waals surface area contributed by atoms with Crippen LogP contribution in [0.2, 0.25) is 0 Å². The van der Waals surface area contributed by atoms with Gasteiger partial charge in [0.2, 0.25) is 0 Å². The van der Waals surface area contributed by atoms with Crippen molar-refractivity contribution in [3.63, 3.8) is 0 Å². The minimum atomic E-state index is 0. The first-order chi connectivity index (χ1) is 6.81. The fourth-order valence-electron chi connectivity index (χ4n) is 1.76. The van der Waals surface area contributed by atoms with Crippen LogP contribution in [-0.2, 0) is 0 Å². The van der Waals surface area contributed by atoms with Gasteiger partial charge < -0.3 is 5.73 Å². The predicted octanol–water partition coefficient (Wildman–Crippen LogP) is 2.78. The van der Waals surface area contributed by atoms with Gasteiger partial charge >= 0.3 is 0 Å². The summed E-state index contributed by atoms with van der Waals surface area (Å²) < 4.78 is 0. The van der Waals surface area contributed by atoms with E-state index in [4.69, 9.17) is 11.0 Å². The van der Waals surface area contributed by atoms with Crippen molar-refractivity contribution in [1.29, 1.82) is 5.26 Å². The minimum Gasteiger partial charge on any atom is -0.324 e. The fraction of sp³-hybridized carbons (Fsp3) is 0.417. The van der Waals surface area contributed by atoms with Crippen molar-refractivity contribution in [2.24, 2.45) is 11.7 Å². The van der Waals surface area contributed by atoms with E-state index in [-0.39, 0.29) is 18.4 Å². The molecular weight excluding hydrogens is 208 g/mol. The summed E-state index contributed by atoms with van der Waals surface area (Å²) in [5, 5.41) is 8.91. The van der Waals surface area contributed by atoms with Crippen molar-refractivity contribution < 1.29 is 0 Å². The maximum absolute atomic E-state index is 8.91. The van der Waals surface area contributed by atoms with Crippen LogP contribution in [0.1, 0.15) is 36.4 Å². The van der Waals surface area contributed by atoms with Crippen LogP contribution < -0.4 is 5.73 Å². The Balaban J connectivity index is 0.00000112. The highest BCUT2D eigenvalue weighted by Crippen LogP contribution is 2.37. The normalized spacial score (nSPS) is 16.3. The number of hydrogen-bond acceptors (Lipinski definition) is 2. The number of halogens is 1. The van der Waals surface area contributed by atoms with Crippen molar-refractivity contribution in [2.45, 2.75) is 25.3 Å². The lowest BCUT2D eigenvalue weighted by atomic mass is 9.98. The predicted molar refractivity (Wildman–Crippen MR) is 62.7 cm³/mol. The van der Waals surface area contributed by atoms with Crippen LogP contribution in [0.5, 0.6) is 0 Å². The van der Waals surface area contributed by atoms with Crippen LogP contribution in [0.25, 0.3) is 0 Å². The van der Waals surface area contributed by atoms with E-state index in [2.05, 4.69) is 6.07 Å². The SMILES string of the molecule is Cl.N#Cc1ccccc1[C@@H](N)CC1CC1. The standard InChI is InChI=1S/C12H14N2.ClH/c13-8-10-3-1-2-4-11(10)12(14)7-9-5-6-9;/h1-4,9,12H,5-7,14H2;1H/t12-;/m0./s1. The van der Waals surface area contributed by atoms with Gasteiger partial charge in [-0.15, -0.1) is 12.4 Å². The molecule has 80 valence electrons. The Morgan fingerprint density at radius 3 is 2.67 bits per heavy atom. The highest BCUT2D eigenvalue weighted by Gasteiger charge is 2.25. The molecule has 1 aliphatic carbocycles. The van der Waals surface area contributed by atoms with Crippen LogP contribution in [0, 0.1) is 17.2 Å². The maximum Gasteiger partial charge on any atom is 0.0995 e. The lowest BCUT2D eigenvalue weighted by Crippen LogP contribution is -2.12. The highest BCUT2D eigenvalue weighted by molar-refractivity contribution is 5.85. The molecule has 2 rings (SSSR count). The molecule has 1 atom stereocenters. The first kappa shape index (κ1) is 12.0. The van der Waals surface area contributed by atoms with Crippen molar-refractivity contribution in [3.05, 3.63) is 35.4 Å². The summed E-state index contributed by atoms with van der Waals surface area (Å²) in [6.07, 6.45) is 3.64. The lowest BCUT2D eigenvalue weighted by Gasteiger charge is -2.12. The summed E-state index contributed by atoms with van der Waals surface area (Å²) in [4.78, 5) is 0. The zero-order chi connectivity index (χ0) is 9.97. The van der Waals surface area contributed by atoms with Crippen LogP contribution >= 0.6 is 12.4 Å². The molecule has 0 aromatic heterocycles. The average molecular weight is 223 g/mol. The summed E-state index contributed by atoms with van der Waals surface area (Å²) in [5.41, 5.74) is 7.79. The third-order valence-electron chi connectivity index (χ3n) is 2.76. The van der Waals surface area contributed by atoms with Crippen molar-refractivity contribution in [2.75, 3.05) is 0 Å². The Kier molecular flexibility index (Phi) is 4.14. The van der Waals surface area contributed by atoms with E-state index >= 15 is 0 Å². The van der Waals surface area contributed by atoms with Crippen LogP contribution in [0.4, 0.5) is 0 Å². The second kappa shape index (κ2) is 5.16. The van der Waals surface area contributed by atoms with Gasteiger partial charge in [0, 0.05) is 6.04 Å². The molecule has 1 aromatic rings. The second-order valence-corrected chi connectivity index (χ2v) is 3.98. The minimum absolute atomic E-state index is 0. The smallest absolute Gasteiger partial charge is 0.0995 e. The Hall–Kier alpha value is -1.04. The van der Waals surface area contributed by atoms with Gasteiger partial charge in [-0.25, -0.2) is 0 Å². The molecule has 2 nitrogen and oxygen atoms in total. The molecule has 0 unspecified atom stereocenters. The van der Waals surface area contributed by atoms with Gasteiger partial charge in [-0.3, -0.25) is 0 Å². The van der Waals surface area contributed by atoms with E-state index in [1.165, 1.54) is 12.8 Å². The molecule has 2 N–H and O–H groups in total. The molecule has 1 fully saturated rings. The third kappa shape index (κ3) is 2.95. The lowest BCUT2D eigenvalue weighted by molar-refractivity contribution is 0.596. The number of nitriles is 1. The summed E-state index contributed by atoms with van der Waals surface area (Å²) in [7, 11) is 0. The quantitative estimate of drug-likeness (QED) is 0.855. The molecule has 1 aromatic carbocycles. The molecule has 0 bridgehead atoms. The van der Waals surface area contributed by atoms with E-state index < -0.39 is 0 Å². The van der Waals surface area contributed by atoms with Crippen molar-refractivity contribution in [1.82, 2.24) is 0 Å². The monoisotopic (exact) mass is 222 g/mol. The Labute approximate surface area is 96.5 Å². The number of nitrogens with zero attached hydrogens (tertiary/aromatic N) is 1. The van der Waals surface area contributed by atoms with E-state index in [1.807, 2.05) is 24.3 Å². The van der Waals surface area contributed by atoms with Crippen LogP contribution in [0.15, 0.2) is 24.3 Å². The van der Waals surface area contributed by atoms with Gasteiger partial charge in [-0.2, -0.15) is 5.26 Å². The van der Waals surface area contributed by atoms with Gasteiger partial charge in [-0.05, 0) is 24.0 Å². The third-order valence-corrected chi connectivity index (χ3v) is 2.76. The van der Waals surface area contributed by atoms with Crippen molar-refractivity contribution >= 4 is 12.4 Å². The van der Waals surface area contributed by atoms with Crippen LogP contribution in [0.3, 0.4) is 0 Å². The molecule has 15 heavy (non-hydrogen) atoms. The zero-order valence-electron chi connectivity index (χ0n) is 8.52. The van der Waals surface area contributed by atoms with E-state index in [1.54, 1.807) is 0 Å². The fourth-order valence-corrected chi connectivity index (χ4v) is 1.76. The maximum atomic E-state index is 8.91. The molecule has 0 aliphatic heterocycles. The Morgan fingerprint density at radius 2 is 2.07 bits per heavy atom. The largest absolute Gasteiger partial charge is 0.324 e. The summed E-state index contributed by atoms with van der Waals surface area (Å²) in [6.45, 7) is 0. The van der Waals surface area contributed by atoms with Gasteiger partial charge in [0.05, 0.1) is 11.6 Å². The molecule has 1 saturated carbocycles. The van der Waals surface area contributed by atoms with Gasteiger partial charge in [0.1, 0.15) is 0 Å². The number of nitrogens with two attached hydrogens (primary N) is 1. The topological polar surface area (TPSA) is 49.8 Å². The summed E-state index contributed by atoms with van der Waals surface area (Å²) >= 11 is 0. The Morgan fingerprint density at radius 1 is 1.40 bits per heavy atom. The first-order valence-electron chi connectivity index (χ1n) is 5.06.